The SMILES string of the molecule is Cc1cc(C(CCC(c2ccc(O)c(C)c2)c2ccc(O)c(C)c2)c2ccc(O)c(C)c2)ccc1O. The van der Waals surface area contributed by atoms with Crippen molar-refractivity contribution in [1.82, 2.24) is 0 Å². The number of hydrogen-bond acceptors (Lipinski definition) is 4. The third-order valence-electron chi connectivity index (χ3n) is 7.24. The number of hydrogen-bond donors (Lipinski definition) is 4. The highest BCUT2D eigenvalue weighted by Gasteiger charge is 2.22. The van der Waals surface area contributed by atoms with Crippen LogP contribution in [0.4, 0.5) is 0 Å². The minimum atomic E-state index is 0.0579. The van der Waals surface area contributed by atoms with Crippen molar-refractivity contribution in [3.05, 3.63) is 117 Å². The first-order valence-corrected chi connectivity index (χ1v) is 12.3. The lowest BCUT2D eigenvalue weighted by Gasteiger charge is -2.25. The Hall–Kier alpha value is -3.92. The van der Waals surface area contributed by atoms with Crippen LogP contribution in [0.3, 0.4) is 0 Å². The van der Waals surface area contributed by atoms with Gasteiger partial charge >= 0.3 is 0 Å². The molecule has 0 fully saturated rings. The highest BCUT2D eigenvalue weighted by atomic mass is 16.3. The molecule has 4 aromatic carbocycles. The van der Waals surface area contributed by atoms with Crippen molar-refractivity contribution in [2.75, 3.05) is 0 Å². The number of benzene rings is 4. The fourth-order valence-electron chi connectivity index (χ4n) is 4.97. The van der Waals surface area contributed by atoms with E-state index in [1.54, 1.807) is 24.3 Å². The van der Waals surface area contributed by atoms with Gasteiger partial charge in [-0.2, -0.15) is 0 Å². The third-order valence-corrected chi connectivity index (χ3v) is 7.24. The first kappa shape index (κ1) is 25.2. The van der Waals surface area contributed by atoms with Gasteiger partial charge in [-0.25, -0.2) is 0 Å². The summed E-state index contributed by atoms with van der Waals surface area (Å²) < 4.78 is 0. The molecule has 0 bridgehead atoms. The van der Waals surface area contributed by atoms with Crippen molar-refractivity contribution < 1.29 is 20.4 Å². The van der Waals surface area contributed by atoms with Crippen LogP contribution in [0.15, 0.2) is 72.8 Å². The van der Waals surface area contributed by atoms with Gasteiger partial charge in [0, 0.05) is 11.8 Å². The molecule has 4 aromatic rings. The second-order valence-electron chi connectivity index (χ2n) is 9.87. The van der Waals surface area contributed by atoms with E-state index in [1.807, 2.05) is 76.2 Å². The Morgan fingerprint density at radius 1 is 0.417 bits per heavy atom. The molecule has 0 aliphatic carbocycles. The van der Waals surface area contributed by atoms with Crippen molar-refractivity contribution in [3.63, 3.8) is 0 Å². The van der Waals surface area contributed by atoms with Gasteiger partial charge in [0.05, 0.1) is 0 Å². The summed E-state index contributed by atoms with van der Waals surface area (Å²) >= 11 is 0. The van der Waals surface area contributed by atoms with Crippen molar-refractivity contribution in [2.24, 2.45) is 0 Å². The second kappa shape index (κ2) is 10.4. The molecule has 4 heteroatoms. The monoisotopic (exact) mass is 482 g/mol. The van der Waals surface area contributed by atoms with Gasteiger partial charge in [-0.05, 0) is 109 Å². The topological polar surface area (TPSA) is 80.9 Å². The summed E-state index contributed by atoms with van der Waals surface area (Å²) in [5, 5.41) is 40.5. The van der Waals surface area contributed by atoms with Gasteiger partial charge in [-0.15, -0.1) is 0 Å². The molecule has 0 heterocycles. The first-order chi connectivity index (χ1) is 17.1. The summed E-state index contributed by atoms with van der Waals surface area (Å²) in [6.07, 6.45) is 1.64. The van der Waals surface area contributed by atoms with Crippen LogP contribution in [0.25, 0.3) is 0 Å². The average molecular weight is 483 g/mol. The number of aryl methyl sites for hydroxylation is 4. The molecular formula is C32H34O4. The Labute approximate surface area is 213 Å². The molecule has 4 rings (SSSR count). The molecular weight excluding hydrogens is 448 g/mol. The Morgan fingerprint density at radius 3 is 0.833 bits per heavy atom. The number of phenolic OH excluding ortho intramolecular Hbond substituents is 4. The minimum absolute atomic E-state index is 0.0579. The molecule has 0 saturated carbocycles. The summed E-state index contributed by atoms with van der Waals surface area (Å²) in [5.74, 6) is 1.21. The standard InChI is InChI=1S/C32H34O4/c1-19-15-23(5-11-29(19)33)27(24-6-12-30(34)20(2)16-24)9-10-28(25-7-13-31(35)21(3)17-25)26-8-14-32(36)22(4)18-26/h5-8,11-18,27-28,33-36H,9-10H2,1-4H3. The van der Waals surface area contributed by atoms with Crippen LogP contribution in [-0.2, 0) is 0 Å². The van der Waals surface area contributed by atoms with E-state index in [-0.39, 0.29) is 34.8 Å². The van der Waals surface area contributed by atoms with Gasteiger partial charge in [0.25, 0.3) is 0 Å². The molecule has 4 N–H and O–H groups in total. The van der Waals surface area contributed by atoms with Crippen LogP contribution in [0.2, 0.25) is 0 Å². The molecule has 0 unspecified atom stereocenters. The van der Waals surface area contributed by atoms with Gasteiger partial charge in [0.2, 0.25) is 0 Å². The van der Waals surface area contributed by atoms with Crippen LogP contribution < -0.4 is 0 Å². The molecule has 0 amide bonds. The van der Waals surface area contributed by atoms with Crippen molar-refractivity contribution in [3.8, 4) is 23.0 Å². The van der Waals surface area contributed by atoms with E-state index in [4.69, 9.17) is 0 Å². The summed E-state index contributed by atoms with van der Waals surface area (Å²) in [4.78, 5) is 0. The van der Waals surface area contributed by atoms with E-state index in [9.17, 15) is 20.4 Å². The second-order valence-corrected chi connectivity index (χ2v) is 9.87. The molecule has 0 atom stereocenters. The normalized spacial score (nSPS) is 11.4. The fraction of sp³-hybridized carbons (Fsp3) is 0.250. The van der Waals surface area contributed by atoms with E-state index in [0.29, 0.717) is 0 Å². The molecule has 0 aromatic heterocycles. The van der Waals surface area contributed by atoms with E-state index in [0.717, 1.165) is 57.3 Å². The van der Waals surface area contributed by atoms with E-state index < -0.39 is 0 Å². The zero-order valence-electron chi connectivity index (χ0n) is 21.3. The molecule has 36 heavy (non-hydrogen) atoms. The van der Waals surface area contributed by atoms with Crippen molar-refractivity contribution in [1.29, 1.82) is 0 Å². The fourth-order valence-corrected chi connectivity index (χ4v) is 4.97. The number of aromatic hydroxyl groups is 4. The molecule has 4 nitrogen and oxygen atoms in total. The number of rotatable bonds is 7. The maximum atomic E-state index is 10.1. The van der Waals surface area contributed by atoms with Crippen LogP contribution in [0.1, 0.15) is 69.2 Å². The average Bonchev–Trinajstić information content (AvgIpc) is 2.84. The zero-order valence-corrected chi connectivity index (χ0v) is 21.3. The lowest BCUT2D eigenvalue weighted by molar-refractivity contribution is 0.468. The Bertz CT molecular complexity index is 1180. The van der Waals surface area contributed by atoms with E-state index >= 15 is 0 Å². The van der Waals surface area contributed by atoms with Crippen molar-refractivity contribution in [2.45, 2.75) is 52.4 Å². The van der Waals surface area contributed by atoms with Gasteiger partial charge in [0.15, 0.2) is 0 Å². The molecule has 0 aliphatic heterocycles. The Balaban J connectivity index is 1.76. The Morgan fingerprint density at radius 2 is 0.639 bits per heavy atom. The van der Waals surface area contributed by atoms with Crippen LogP contribution in [-0.4, -0.2) is 20.4 Å². The van der Waals surface area contributed by atoms with Crippen LogP contribution >= 0.6 is 0 Å². The molecule has 0 radical (unpaired) electrons. The quantitative estimate of drug-likeness (QED) is 0.220. The smallest absolute Gasteiger partial charge is 0.118 e. The summed E-state index contributed by atoms with van der Waals surface area (Å²) in [6, 6.07) is 23.0. The summed E-state index contributed by atoms with van der Waals surface area (Å²) in [5.41, 5.74) is 7.74. The van der Waals surface area contributed by atoms with E-state index in [1.165, 1.54) is 0 Å². The molecule has 0 saturated heterocycles. The maximum Gasteiger partial charge on any atom is 0.118 e. The first-order valence-electron chi connectivity index (χ1n) is 12.3. The lowest BCUT2D eigenvalue weighted by atomic mass is 9.80. The molecule has 0 aliphatic rings. The third kappa shape index (κ3) is 5.33. The van der Waals surface area contributed by atoms with Crippen molar-refractivity contribution >= 4 is 0 Å². The number of phenols is 4. The summed E-state index contributed by atoms with van der Waals surface area (Å²) in [7, 11) is 0. The minimum Gasteiger partial charge on any atom is -0.508 e. The van der Waals surface area contributed by atoms with Gasteiger partial charge in [-0.1, -0.05) is 48.5 Å². The zero-order chi connectivity index (χ0) is 26.0. The van der Waals surface area contributed by atoms with Gasteiger partial charge < -0.3 is 20.4 Å². The predicted octanol–water partition coefficient (Wildman–Crippen LogP) is 7.49. The largest absolute Gasteiger partial charge is 0.508 e. The Kier molecular flexibility index (Phi) is 7.25. The highest BCUT2D eigenvalue weighted by Crippen LogP contribution is 2.39. The van der Waals surface area contributed by atoms with Crippen LogP contribution in [0.5, 0.6) is 23.0 Å². The van der Waals surface area contributed by atoms with Crippen LogP contribution in [0, 0.1) is 27.7 Å². The van der Waals surface area contributed by atoms with E-state index in [2.05, 4.69) is 0 Å². The van der Waals surface area contributed by atoms with Gasteiger partial charge in [-0.3, -0.25) is 0 Å². The lowest BCUT2D eigenvalue weighted by Crippen LogP contribution is -2.08. The highest BCUT2D eigenvalue weighted by molar-refractivity contribution is 5.46. The maximum absolute atomic E-state index is 10.1. The van der Waals surface area contributed by atoms with Gasteiger partial charge in [0.1, 0.15) is 23.0 Å². The molecule has 0 spiro atoms. The summed E-state index contributed by atoms with van der Waals surface area (Å²) in [6.45, 7) is 7.61. The molecule has 186 valence electrons. The predicted molar refractivity (Wildman–Crippen MR) is 144 cm³/mol.